The number of nitriles is 1. The van der Waals surface area contributed by atoms with Gasteiger partial charge in [0.05, 0.1) is 23.8 Å². The zero-order valence-electron chi connectivity index (χ0n) is 17.3. The van der Waals surface area contributed by atoms with Gasteiger partial charge in [-0.1, -0.05) is 30.3 Å². The van der Waals surface area contributed by atoms with E-state index in [-0.39, 0.29) is 11.8 Å². The smallest absolute Gasteiger partial charge is 0.139 e. The molecule has 158 valence electrons. The SMILES string of the molecule is N#CC1=C(C2CCN(c3ccccc3)CC2)Nc2[nH]ncc2C1c1cccc2nonc12. The molecule has 8 heteroatoms. The molecule has 2 aromatic heterocycles. The van der Waals surface area contributed by atoms with Crippen LogP contribution in [0.5, 0.6) is 0 Å². The van der Waals surface area contributed by atoms with Crippen molar-refractivity contribution in [2.24, 2.45) is 5.92 Å². The van der Waals surface area contributed by atoms with Crippen LogP contribution in [-0.2, 0) is 0 Å². The Hall–Kier alpha value is -4.12. The number of hydrogen-bond acceptors (Lipinski definition) is 7. The van der Waals surface area contributed by atoms with E-state index in [1.54, 1.807) is 6.20 Å². The largest absolute Gasteiger partial charge is 0.371 e. The average Bonchev–Trinajstić information content (AvgIpc) is 3.53. The van der Waals surface area contributed by atoms with E-state index in [9.17, 15) is 5.26 Å². The number of anilines is 2. The molecule has 6 rings (SSSR count). The van der Waals surface area contributed by atoms with Crippen molar-refractivity contribution in [2.75, 3.05) is 23.3 Å². The number of allylic oxidation sites excluding steroid dienone is 2. The number of para-hydroxylation sites is 1. The summed E-state index contributed by atoms with van der Waals surface area (Å²) in [6.07, 6.45) is 3.72. The first-order valence-corrected chi connectivity index (χ1v) is 10.8. The van der Waals surface area contributed by atoms with E-state index < -0.39 is 0 Å². The predicted molar refractivity (Wildman–Crippen MR) is 120 cm³/mol. The maximum Gasteiger partial charge on any atom is 0.139 e. The normalized spacial score (nSPS) is 19.0. The van der Waals surface area contributed by atoms with Gasteiger partial charge in [0.15, 0.2) is 0 Å². The van der Waals surface area contributed by atoms with Crippen molar-refractivity contribution < 1.29 is 4.63 Å². The molecule has 2 aromatic carbocycles. The molecular weight excluding hydrogens is 402 g/mol. The predicted octanol–water partition coefficient (Wildman–Crippen LogP) is 4.20. The molecule has 8 nitrogen and oxygen atoms in total. The standard InChI is InChI=1S/C24H21N7O/c25-13-18-21(17-7-4-8-20-23(17)30-32-29-20)19-14-26-28-24(19)27-22(18)15-9-11-31(12-10-15)16-5-2-1-3-6-16/h1-8,14-15,21H,9-12H2,(H2,26,27,28). The van der Waals surface area contributed by atoms with Crippen LogP contribution in [0.4, 0.5) is 11.5 Å². The fourth-order valence-corrected chi connectivity index (χ4v) is 5.02. The molecule has 4 heterocycles. The quantitative estimate of drug-likeness (QED) is 0.509. The van der Waals surface area contributed by atoms with Gasteiger partial charge in [0.2, 0.25) is 0 Å². The van der Waals surface area contributed by atoms with Gasteiger partial charge in [0.25, 0.3) is 0 Å². The molecule has 0 bridgehead atoms. The summed E-state index contributed by atoms with van der Waals surface area (Å²) >= 11 is 0. The van der Waals surface area contributed by atoms with Crippen LogP contribution in [0.3, 0.4) is 0 Å². The van der Waals surface area contributed by atoms with Crippen LogP contribution in [0.25, 0.3) is 11.0 Å². The van der Waals surface area contributed by atoms with Gasteiger partial charge in [-0.05, 0) is 46.9 Å². The Labute approximate surface area is 184 Å². The highest BCUT2D eigenvalue weighted by Crippen LogP contribution is 2.45. The van der Waals surface area contributed by atoms with Crippen molar-refractivity contribution in [3.05, 3.63) is 77.1 Å². The first-order valence-electron chi connectivity index (χ1n) is 10.8. The topological polar surface area (TPSA) is 107 Å². The Morgan fingerprint density at radius 2 is 1.84 bits per heavy atom. The number of piperidine rings is 1. The zero-order chi connectivity index (χ0) is 21.5. The summed E-state index contributed by atoms with van der Waals surface area (Å²) in [6.45, 7) is 1.89. The first-order chi connectivity index (χ1) is 15.8. The molecule has 0 radical (unpaired) electrons. The number of H-pyrrole nitrogens is 1. The van der Waals surface area contributed by atoms with E-state index in [4.69, 9.17) is 4.63 Å². The molecule has 1 atom stereocenters. The zero-order valence-corrected chi connectivity index (χ0v) is 17.3. The fourth-order valence-electron chi connectivity index (χ4n) is 5.02. The lowest BCUT2D eigenvalue weighted by atomic mass is 9.78. The number of hydrogen-bond donors (Lipinski definition) is 2. The number of aromatic amines is 1. The van der Waals surface area contributed by atoms with Crippen molar-refractivity contribution >= 4 is 22.5 Å². The lowest BCUT2D eigenvalue weighted by molar-refractivity contribution is 0.315. The maximum absolute atomic E-state index is 10.3. The molecule has 1 saturated heterocycles. The van der Waals surface area contributed by atoms with Crippen molar-refractivity contribution in [2.45, 2.75) is 18.8 Å². The van der Waals surface area contributed by atoms with Gasteiger partial charge < -0.3 is 10.2 Å². The molecule has 32 heavy (non-hydrogen) atoms. The number of nitrogens with zero attached hydrogens (tertiary/aromatic N) is 5. The third kappa shape index (κ3) is 2.94. The van der Waals surface area contributed by atoms with Crippen LogP contribution < -0.4 is 10.2 Å². The van der Waals surface area contributed by atoms with Crippen LogP contribution in [-0.4, -0.2) is 33.6 Å². The van der Waals surface area contributed by atoms with E-state index in [1.165, 1.54) is 5.69 Å². The Bertz CT molecular complexity index is 1340. The van der Waals surface area contributed by atoms with Gasteiger partial charge in [0.1, 0.15) is 16.9 Å². The Morgan fingerprint density at radius 3 is 2.66 bits per heavy atom. The average molecular weight is 423 g/mol. The fraction of sp³-hybridized carbons (Fsp3) is 0.250. The van der Waals surface area contributed by atoms with E-state index in [0.29, 0.717) is 16.6 Å². The molecule has 0 saturated carbocycles. The summed E-state index contributed by atoms with van der Waals surface area (Å²) in [6, 6.07) is 18.8. The van der Waals surface area contributed by atoms with Gasteiger partial charge >= 0.3 is 0 Å². The van der Waals surface area contributed by atoms with Crippen molar-refractivity contribution in [1.29, 1.82) is 5.26 Å². The molecule has 1 unspecified atom stereocenters. The molecular formula is C24H21N7O. The van der Waals surface area contributed by atoms with E-state index in [0.717, 1.165) is 48.6 Å². The molecule has 2 aliphatic rings. The monoisotopic (exact) mass is 423 g/mol. The first kappa shape index (κ1) is 18.6. The second-order valence-electron chi connectivity index (χ2n) is 8.27. The number of nitrogens with one attached hydrogen (secondary N) is 2. The third-order valence-corrected chi connectivity index (χ3v) is 6.59. The van der Waals surface area contributed by atoms with Gasteiger partial charge in [-0.15, -0.1) is 0 Å². The van der Waals surface area contributed by atoms with Crippen molar-refractivity contribution in [3.8, 4) is 6.07 Å². The minimum absolute atomic E-state index is 0.262. The van der Waals surface area contributed by atoms with Crippen LogP contribution in [0, 0.1) is 17.2 Å². The van der Waals surface area contributed by atoms with E-state index in [2.05, 4.69) is 61.1 Å². The van der Waals surface area contributed by atoms with Gasteiger partial charge in [-0.3, -0.25) is 5.10 Å². The molecule has 4 aromatic rings. The maximum atomic E-state index is 10.3. The summed E-state index contributed by atoms with van der Waals surface area (Å²) in [4.78, 5) is 2.41. The van der Waals surface area contributed by atoms with Crippen molar-refractivity contribution in [3.63, 3.8) is 0 Å². The van der Waals surface area contributed by atoms with E-state index in [1.807, 2.05) is 24.3 Å². The lowest BCUT2D eigenvalue weighted by Gasteiger charge is -2.37. The lowest BCUT2D eigenvalue weighted by Crippen LogP contribution is -2.36. The molecule has 1 fully saturated rings. The second kappa shape index (κ2) is 7.54. The molecule has 0 spiro atoms. The highest BCUT2D eigenvalue weighted by atomic mass is 16.6. The Morgan fingerprint density at radius 1 is 1.00 bits per heavy atom. The Kier molecular flexibility index (Phi) is 4.39. The second-order valence-corrected chi connectivity index (χ2v) is 8.27. The molecule has 2 N–H and O–H groups in total. The van der Waals surface area contributed by atoms with Crippen LogP contribution >= 0.6 is 0 Å². The molecule has 0 aliphatic carbocycles. The van der Waals surface area contributed by atoms with Gasteiger partial charge in [-0.25, -0.2) is 4.63 Å². The number of benzene rings is 2. The Balaban J connectivity index is 1.38. The highest BCUT2D eigenvalue weighted by Gasteiger charge is 2.36. The molecule has 0 amide bonds. The number of rotatable bonds is 3. The third-order valence-electron chi connectivity index (χ3n) is 6.59. The minimum atomic E-state index is -0.271. The highest BCUT2D eigenvalue weighted by molar-refractivity contribution is 5.80. The van der Waals surface area contributed by atoms with Gasteiger partial charge in [-0.2, -0.15) is 10.4 Å². The van der Waals surface area contributed by atoms with E-state index >= 15 is 0 Å². The van der Waals surface area contributed by atoms with Crippen LogP contribution in [0.1, 0.15) is 29.9 Å². The summed E-state index contributed by atoms with van der Waals surface area (Å²) < 4.78 is 4.99. The minimum Gasteiger partial charge on any atom is -0.371 e. The summed E-state index contributed by atoms with van der Waals surface area (Å²) in [5.74, 6) is 0.828. The summed E-state index contributed by atoms with van der Waals surface area (Å²) in [5.41, 5.74) is 6.14. The molecule has 2 aliphatic heterocycles. The van der Waals surface area contributed by atoms with Crippen LogP contribution in [0.2, 0.25) is 0 Å². The number of aromatic nitrogens is 4. The summed E-state index contributed by atoms with van der Waals surface area (Å²) in [5, 5.41) is 29.2. The van der Waals surface area contributed by atoms with Gasteiger partial charge in [0, 0.05) is 36.0 Å². The van der Waals surface area contributed by atoms with Crippen LogP contribution in [0.15, 0.2) is 70.6 Å². The number of fused-ring (bicyclic) bond motifs is 2. The van der Waals surface area contributed by atoms with Crippen molar-refractivity contribution in [1.82, 2.24) is 20.5 Å². The summed E-state index contributed by atoms with van der Waals surface area (Å²) in [7, 11) is 0.